The lowest BCUT2D eigenvalue weighted by Gasteiger charge is -2.13. The minimum absolute atomic E-state index is 0.109. The zero-order valence-electron chi connectivity index (χ0n) is 11.1. The van der Waals surface area contributed by atoms with Crippen LogP contribution in [0.2, 0.25) is 5.02 Å². The van der Waals surface area contributed by atoms with Crippen molar-refractivity contribution in [3.63, 3.8) is 0 Å². The summed E-state index contributed by atoms with van der Waals surface area (Å²) in [7, 11) is 0. The maximum atomic E-state index is 6.17. The van der Waals surface area contributed by atoms with Crippen LogP contribution in [-0.2, 0) is 12.0 Å². The van der Waals surface area contributed by atoms with Gasteiger partial charge in [0.2, 0.25) is 0 Å². The molecule has 0 saturated heterocycles. The summed E-state index contributed by atoms with van der Waals surface area (Å²) >= 11 is 11.3. The second-order valence-corrected chi connectivity index (χ2v) is 7.80. The Hall–Kier alpha value is -0.580. The highest BCUT2D eigenvalue weighted by Crippen LogP contribution is 2.29. The first-order chi connectivity index (χ1) is 8.86. The van der Waals surface area contributed by atoms with E-state index in [9.17, 15) is 0 Å². The highest BCUT2D eigenvalue weighted by atomic mass is 79.9. The molecular formula is C14H16BrClN2S. The third-order valence-electron chi connectivity index (χ3n) is 2.58. The normalized spacial score (nSPS) is 11.6. The molecule has 1 aromatic carbocycles. The number of nitrogens with zero attached hydrogens (tertiary/aromatic N) is 1. The van der Waals surface area contributed by atoms with Gasteiger partial charge in [-0.2, -0.15) is 0 Å². The first-order valence-corrected chi connectivity index (χ1v) is 7.99. The minimum Gasteiger partial charge on any atom is -0.379 e. The largest absolute Gasteiger partial charge is 0.379 e. The van der Waals surface area contributed by atoms with Crippen LogP contribution in [-0.4, -0.2) is 4.98 Å². The van der Waals surface area contributed by atoms with Crippen LogP contribution in [0.15, 0.2) is 28.9 Å². The average molecular weight is 360 g/mol. The summed E-state index contributed by atoms with van der Waals surface area (Å²) < 4.78 is 0.982. The number of hydrogen-bond acceptors (Lipinski definition) is 3. The van der Waals surface area contributed by atoms with Crippen molar-refractivity contribution >= 4 is 44.6 Å². The van der Waals surface area contributed by atoms with Gasteiger partial charge >= 0.3 is 0 Å². The van der Waals surface area contributed by atoms with Crippen molar-refractivity contribution in [3.8, 4) is 0 Å². The number of benzene rings is 1. The highest BCUT2D eigenvalue weighted by Gasteiger charge is 2.17. The quantitative estimate of drug-likeness (QED) is 0.786. The molecule has 0 spiro atoms. The van der Waals surface area contributed by atoms with Gasteiger partial charge in [0.1, 0.15) is 0 Å². The van der Waals surface area contributed by atoms with Gasteiger partial charge < -0.3 is 5.32 Å². The third-order valence-corrected chi connectivity index (χ3v) is 4.81. The smallest absolute Gasteiger partial charge is 0.0981 e. The number of halogens is 2. The minimum atomic E-state index is 0.109. The summed E-state index contributed by atoms with van der Waals surface area (Å²) in [6, 6.07) is 5.83. The Morgan fingerprint density at radius 1 is 1.37 bits per heavy atom. The molecule has 0 aliphatic heterocycles. The SMILES string of the molecule is CC(C)(C)c1ncc(CNc2ccc(Br)cc2Cl)s1. The van der Waals surface area contributed by atoms with Gasteiger partial charge in [-0.1, -0.05) is 48.3 Å². The molecule has 0 atom stereocenters. The Labute approximate surface area is 131 Å². The van der Waals surface area contributed by atoms with Crippen LogP contribution in [0.4, 0.5) is 5.69 Å². The van der Waals surface area contributed by atoms with Crippen LogP contribution in [0.25, 0.3) is 0 Å². The van der Waals surface area contributed by atoms with E-state index in [1.807, 2.05) is 24.4 Å². The molecule has 0 saturated carbocycles. The molecule has 2 aromatic rings. The van der Waals surface area contributed by atoms with Gasteiger partial charge in [0.15, 0.2) is 0 Å². The molecule has 102 valence electrons. The fourth-order valence-corrected chi connectivity index (χ4v) is 3.20. The van der Waals surface area contributed by atoms with E-state index in [0.717, 1.165) is 26.7 Å². The molecule has 0 radical (unpaired) electrons. The monoisotopic (exact) mass is 358 g/mol. The maximum Gasteiger partial charge on any atom is 0.0981 e. The van der Waals surface area contributed by atoms with E-state index >= 15 is 0 Å². The van der Waals surface area contributed by atoms with E-state index in [2.05, 4.69) is 47.0 Å². The van der Waals surface area contributed by atoms with Gasteiger partial charge in [-0.15, -0.1) is 11.3 Å². The Bertz CT molecular complexity index is 575. The van der Waals surface area contributed by atoms with Gasteiger partial charge in [-0.05, 0) is 18.2 Å². The van der Waals surface area contributed by atoms with Gasteiger partial charge in [-0.3, -0.25) is 0 Å². The molecule has 0 unspecified atom stereocenters. The molecule has 0 bridgehead atoms. The zero-order valence-corrected chi connectivity index (χ0v) is 14.3. The highest BCUT2D eigenvalue weighted by molar-refractivity contribution is 9.10. The second-order valence-electron chi connectivity index (χ2n) is 5.36. The van der Waals surface area contributed by atoms with Crippen LogP contribution in [0.5, 0.6) is 0 Å². The summed E-state index contributed by atoms with van der Waals surface area (Å²) in [4.78, 5) is 5.69. The zero-order chi connectivity index (χ0) is 14.0. The maximum absolute atomic E-state index is 6.17. The molecule has 0 amide bonds. The average Bonchev–Trinajstić information content (AvgIpc) is 2.76. The van der Waals surface area contributed by atoms with E-state index in [4.69, 9.17) is 11.6 Å². The number of anilines is 1. The molecule has 2 rings (SSSR count). The van der Waals surface area contributed by atoms with Crippen LogP contribution < -0.4 is 5.32 Å². The molecule has 0 fully saturated rings. The summed E-state index contributed by atoms with van der Waals surface area (Å²) in [5.74, 6) is 0. The van der Waals surface area contributed by atoms with Crippen LogP contribution >= 0.6 is 38.9 Å². The Morgan fingerprint density at radius 2 is 2.11 bits per heavy atom. The Kier molecular flexibility index (Phi) is 4.54. The number of thiazole rings is 1. The van der Waals surface area contributed by atoms with Crippen molar-refractivity contribution in [2.45, 2.75) is 32.7 Å². The fourth-order valence-electron chi connectivity index (χ4n) is 1.55. The van der Waals surface area contributed by atoms with Crippen molar-refractivity contribution < 1.29 is 0 Å². The summed E-state index contributed by atoms with van der Waals surface area (Å²) in [6.07, 6.45) is 1.94. The number of nitrogens with one attached hydrogen (secondary N) is 1. The fraction of sp³-hybridized carbons (Fsp3) is 0.357. The molecule has 1 heterocycles. The van der Waals surface area contributed by atoms with Crippen molar-refractivity contribution in [2.24, 2.45) is 0 Å². The van der Waals surface area contributed by atoms with Crippen LogP contribution in [0.1, 0.15) is 30.7 Å². The van der Waals surface area contributed by atoms with Gasteiger partial charge in [0.05, 0.1) is 22.3 Å². The van der Waals surface area contributed by atoms with Gasteiger partial charge in [0.25, 0.3) is 0 Å². The Balaban J connectivity index is 2.04. The molecule has 1 aromatic heterocycles. The first-order valence-electron chi connectivity index (χ1n) is 6.00. The number of aromatic nitrogens is 1. The van der Waals surface area contributed by atoms with E-state index < -0.39 is 0 Å². The number of rotatable bonds is 3. The third kappa shape index (κ3) is 3.94. The molecule has 0 aliphatic carbocycles. The lowest BCUT2D eigenvalue weighted by molar-refractivity contribution is 0.585. The van der Waals surface area contributed by atoms with E-state index in [1.54, 1.807) is 11.3 Å². The first kappa shape index (κ1) is 14.8. The van der Waals surface area contributed by atoms with Crippen molar-refractivity contribution in [1.82, 2.24) is 4.98 Å². The molecular weight excluding hydrogens is 344 g/mol. The van der Waals surface area contributed by atoms with E-state index in [-0.39, 0.29) is 5.41 Å². The van der Waals surface area contributed by atoms with Crippen LogP contribution in [0, 0.1) is 0 Å². The van der Waals surface area contributed by atoms with Gasteiger partial charge in [0, 0.05) is 21.0 Å². The van der Waals surface area contributed by atoms with Crippen molar-refractivity contribution in [1.29, 1.82) is 0 Å². The summed E-state index contributed by atoms with van der Waals surface area (Å²) in [5, 5.41) is 5.21. The standard InChI is InChI=1S/C14H16BrClN2S/c1-14(2,3)13-18-8-10(19-13)7-17-12-5-4-9(15)6-11(12)16/h4-6,8,17H,7H2,1-3H3. The van der Waals surface area contributed by atoms with Crippen LogP contribution in [0.3, 0.4) is 0 Å². The molecule has 2 nitrogen and oxygen atoms in total. The van der Waals surface area contributed by atoms with Crippen molar-refractivity contribution in [3.05, 3.63) is 43.8 Å². The predicted octanol–water partition coefficient (Wildman–Crippen LogP) is 5.47. The van der Waals surface area contributed by atoms with Gasteiger partial charge in [-0.25, -0.2) is 4.98 Å². The van der Waals surface area contributed by atoms with E-state index in [0.29, 0.717) is 0 Å². The topological polar surface area (TPSA) is 24.9 Å². The summed E-state index contributed by atoms with van der Waals surface area (Å²) in [5.41, 5.74) is 1.05. The molecule has 19 heavy (non-hydrogen) atoms. The lowest BCUT2D eigenvalue weighted by Crippen LogP contribution is -2.09. The predicted molar refractivity (Wildman–Crippen MR) is 87.3 cm³/mol. The molecule has 0 aliphatic rings. The lowest BCUT2D eigenvalue weighted by atomic mass is 9.98. The van der Waals surface area contributed by atoms with E-state index in [1.165, 1.54) is 4.88 Å². The summed E-state index contributed by atoms with van der Waals surface area (Å²) in [6.45, 7) is 7.27. The molecule has 1 N–H and O–H groups in total. The number of hydrogen-bond donors (Lipinski definition) is 1. The second kappa shape index (κ2) is 5.81. The Morgan fingerprint density at radius 3 is 2.68 bits per heavy atom. The van der Waals surface area contributed by atoms with Crippen molar-refractivity contribution in [2.75, 3.05) is 5.32 Å². The molecule has 5 heteroatoms.